The average Bonchev–Trinajstić information content (AvgIpc) is 2.59. The summed E-state index contributed by atoms with van der Waals surface area (Å²) in [7, 11) is 0. The summed E-state index contributed by atoms with van der Waals surface area (Å²) in [5.74, 6) is -1.29. The Kier molecular flexibility index (Phi) is 5.24. The third-order valence-corrected chi connectivity index (χ3v) is 3.23. The average molecular weight is 271 g/mol. The molecule has 0 aromatic carbocycles. The van der Waals surface area contributed by atoms with Gasteiger partial charge in [0.05, 0.1) is 5.69 Å². The van der Waals surface area contributed by atoms with Crippen LogP contribution in [0.15, 0.2) is 0 Å². The molecule has 0 aliphatic heterocycles. The van der Waals surface area contributed by atoms with Crippen molar-refractivity contribution in [3.8, 4) is 0 Å². The lowest BCUT2D eigenvalue weighted by Crippen LogP contribution is -2.30. The zero-order valence-electron chi connectivity index (χ0n) is 10.6. The van der Waals surface area contributed by atoms with Gasteiger partial charge >= 0.3 is 5.97 Å². The first kappa shape index (κ1) is 14.6. The highest BCUT2D eigenvalue weighted by Crippen LogP contribution is 2.24. The van der Waals surface area contributed by atoms with Crippen LogP contribution >= 0.6 is 11.5 Å². The van der Waals surface area contributed by atoms with Crippen molar-refractivity contribution in [3.05, 3.63) is 11.3 Å². The lowest BCUT2D eigenvalue weighted by atomic mass is 10.2. The third-order valence-electron chi connectivity index (χ3n) is 2.37. The summed E-state index contributed by atoms with van der Waals surface area (Å²) in [5, 5.41) is 15.0. The van der Waals surface area contributed by atoms with Crippen LogP contribution in [0.5, 0.6) is 0 Å². The zero-order chi connectivity index (χ0) is 13.7. The van der Waals surface area contributed by atoms with E-state index < -0.39 is 5.97 Å². The van der Waals surface area contributed by atoms with Gasteiger partial charge in [0.25, 0.3) is 0 Å². The molecule has 7 heteroatoms. The molecule has 1 atom stereocenters. The van der Waals surface area contributed by atoms with Crippen molar-refractivity contribution in [1.82, 2.24) is 9.69 Å². The number of carbonyl (C=O) groups is 2. The SMILES string of the molecule is CCNC(C)CC(=O)Nc1snc(C)c1C(=O)O. The number of carboxylic acids is 1. The maximum atomic E-state index is 11.7. The Morgan fingerprint density at radius 1 is 1.50 bits per heavy atom. The fourth-order valence-electron chi connectivity index (χ4n) is 1.58. The molecule has 1 heterocycles. The zero-order valence-corrected chi connectivity index (χ0v) is 11.4. The maximum Gasteiger partial charge on any atom is 0.340 e. The van der Waals surface area contributed by atoms with Gasteiger partial charge in [-0.3, -0.25) is 4.79 Å². The second-order valence-electron chi connectivity index (χ2n) is 3.99. The van der Waals surface area contributed by atoms with E-state index in [2.05, 4.69) is 15.0 Å². The van der Waals surface area contributed by atoms with E-state index in [1.807, 2.05) is 13.8 Å². The van der Waals surface area contributed by atoms with Gasteiger partial charge in [0.15, 0.2) is 0 Å². The molecule has 100 valence electrons. The summed E-state index contributed by atoms with van der Waals surface area (Å²) in [6.45, 7) is 6.26. The van der Waals surface area contributed by atoms with Crippen LogP contribution in [-0.4, -0.2) is 33.9 Å². The van der Waals surface area contributed by atoms with E-state index >= 15 is 0 Å². The van der Waals surface area contributed by atoms with Crippen LogP contribution in [0, 0.1) is 6.92 Å². The van der Waals surface area contributed by atoms with Gasteiger partial charge in [-0.25, -0.2) is 4.79 Å². The van der Waals surface area contributed by atoms with Crippen LogP contribution in [0.2, 0.25) is 0 Å². The van der Waals surface area contributed by atoms with Gasteiger partial charge in [0, 0.05) is 12.5 Å². The molecule has 18 heavy (non-hydrogen) atoms. The quantitative estimate of drug-likeness (QED) is 0.729. The van der Waals surface area contributed by atoms with E-state index in [-0.39, 0.29) is 17.5 Å². The molecular weight excluding hydrogens is 254 g/mol. The topological polar surface area (TPSA) is 91.3 Å². The number of aromatic carboxylic acids is 1. The molecule has 0 saturated carbocycles. The monoisotopic (exact) mass is 271 g/mol. The van der Waals surface area contributed by atoms with Crippen molar-refractivity contribution in [3.63, 3.8) is 0 Å². The Labute approximate surface area is 110 Å². The van der Waals surface area contributed by atoms with Crippen molar-refractivity contribution >= 4 is 28.4 Å². The summed E-state index contributed by atoms with van der Waals surface area (Å²) in [6.07, 6.45) is 0.295. The van der Waals surface area contributed by atoms with E-state index in [9.17, 15) is 9.59 Å². The van der Waals surface area contributed by atoms with E-state index in [0.29, 0.717) is 17.1 Å². The van der Waals surface area contributed by atoms with Crippen molar-refractivity contribution < 1.29 is 14.7 Å². The molecule has 1 unspecified atom stereocenters. The molecule has 0 saturated heterocycles. The van der Waals surface area contributed by atoms with Crippen molar-refractivity contribution in [2.45, 2.75) is 33.2 Å². The largest absolute Gasteiger partial charge is 0.478 e. The molecule has 1 aromatic heterocycles. The fourth-order valence-corrected chi connectivity index (χ4v) is 2.39. The second kappa shape index (κ2) is 6.46. The van der Waals surface area contributed by atoms with Gasteiger partial charge in [-0.1, -0.05) is 6.92 Å². The molecule has 6 nitrogen and oxygen atoms in total. The molecule has 0 spiro atoms. The Balaban J connectivity index is 2.68. The van der Waals surface area contributed by atoms with Crippen molar-refractivity contribution in [1.29, 1.82) is 0 Å². The third kappa shape index (κ3) is 3.78. The van der Waals surface area contributed by atoms with Crippen LogP contribution < -0.4 is 10.6 Å². The molecule has 0 bridgehead atoms. The van der Waals surface area contributed by atoms with E-state index in [0.717, 1.165) is 18.1 Å². The Hall–Kier alpha value is -1.47. The number of nitrogens with zero attached hydrogens (tertiary/aromatic N) is 1. The number of rotatable bonds is 6. The van der Waals surface area contributed by atoms with Crippen molar-refractivity contribution in [2.75, 3.05) is 11.9 Å². The van der Waals surface area contributed by atoms with E-state index in [1.165, 1.54) is 0 Å². The molecule has 1 aromatic rings. The van der Waals surface area contributed by atoms with Crippen molar-refractivity contribution in [2.24, 2.45) is 0 Å². The molecule has 1 amide bonds. The molecule has 3 N–H and O–H groups in total. The minimum Gasteiger partial charge on any atom is -0.478 e. The normalized spacial score (nSPS) is 12.2. The Bertz CT molecular complexity index is 445. The smallest absolute Gasteiger partial charge is 0.340 e. The first-order valence-corrected chi connectivity index (χ1v) is 6.45. The molecule has 1 rings (SSSR count). The predicted molar refractivity (Wildman–Crippen MR) is 70.2 cm³/mol. The molecule has 0 aliphatic rings. The summed E-state index contributed by atoms with van der Waals surface area (Å²) in [5.41, 5.74) is 0.493. The van der Waals surface area contributed by atoms with Gasteiger partial charge in [0.2, 0.25) is 5.91 Å². The van der Waals surface area contributed by atoms with Crippen LogP contribution in [0.4, 0.5) is 5.00 Å². The Morgan fingerprint density at radius 3 is 2.72 bits per heavy atom. The van der Waals surface area contributed by atoms with Crippen LogP contribution in [0.25, 0.3) is 0 Å². The van der Waals surface area contributed by atoms with Gasteiger partial charge in [-0.2, -0.15) is 4.37 Å². The number of nitrogens with one attached hydrogen (secondary N) is 2. The number of hydrogen-bond acceptors (Lipinski definition) is 5. The highest BCUT2D eigenvalue weighted by molar-refractivity contribution is 7.11. The Morgan fingerprint density at radius 2 is 2.17 bits per heavy atom. The number of hydrogen-bond donors (Lipinski definition) is 3. The number of amides is 1. The van der Waals surface area contributed by atoms with Gasteiger partial charge in [-0.15, -0.1) is 0 Å². The second-order valence-corrected chi connectivity index (χ2v) is 4.76. The van der Waals surface area contributed by atoms with Gasteiger partial charge in [0.1, 0.15) is 10.6 Å². The summed E-state index contributed by atoms with van der Waals surface area (Å²) < 4.78 is 3.94. The summed E-state index contributed by atoms with van der Waals surface area (Å²) in [4.78, 5) is 22.7. The predicted octanol–water partition coefficient (Wildman–Crippen LogP) is 1.48. The van der Waals surface area contributed by atoms with E-state index in [4.69, 9.17) is 5.11 Å². The molecular formula is C11H17N3O3S. The van der Waals surface area contributed by atoms with Gasteiger partial charge < -0.3 is 15.7 Å². The lowest BCUT2D eigenvalue weighted by molar-refractivity contribution is -0.116. The minimum atomic E-state index is -1.07. The maximum absolute atomic E-state index is 11.7. The summed E-state index contributed by atoms with van der Waals surface area (Å²) in [6, 6.07) is 0.0531. The number of carbonyl (C=O) groups excluding carboxylic acids is 1. The summed E-state index contributed by atoms with van der Waals surface area (Å²) >= 11 is 0.990. The first-order chi connectivity index (χ1) is 8.45. The fraction of sp³-hybridized carbons (Fsp3) is 0.545. The minimum absolute atomic E-state index is 0.0531. The number of aryl methyl sites for hydroxylation is 1. The molecule has 0 radical (unpaired) electrons. The number of anilines is 1. The highest BCUT2D eigenvalue weighted by atomic mass is 32.1. The number of carboxylic acid groups (broad SMARTS) is 1. The number of aromatic nitrogens is 1. The van der Waals surface area contributed by atoms with Crippen LogP contribution in [0.3, 0.4) is 0 Å². The lowest BCUT2D eigenvalue weighted by Gasteiger charge is -2.11. The van der Waals surface area contributed by atoms with E-state index in [1.54, 1.807) is 6.92 Å². The standard InChI is InChI=1S/C11H17N3O3S/c1-4-12-6(2)5-8(15)13-10-9(11(16)17)7(3)14-18-10/h6,12H,4-5H2,1-3H3,(H,13,15)(H,16,17). The van der Waals surface area contributed by atoms with Gasteiger partial charge in [-0.05, 0) is 31.9 Å². The highest BCUT2D eigenvalue weighted by Gasteiger charge is 2.19. The van der Waals surface area contributed by atoms with Crippen LogP contribution in [-0.2, 0) is 4.79 Å². The molecule has 0 aliphatic carbocycles. The van der Waals surface area contributed by atoms with Crippen LogP contribution in [0.1, 0.15) is 36.3 Å². The molecule has 0 fully saturated rings. The first-order valence-electron chi connectivity index (χ1n) is 5.68.